The maximum Gasteiger partial charge on any atom is 0.0462 e. The minimum Gasteiger partial charge on any atom is -0.311 e. The number of hydrogen-bond donors (Lipinski definition) is 0. The van der Waals surface area contributed by atoms with Crippen LogP contribution in [-0.2, 0) is 0 Å². The zero-order valence-corrected chi connectivity index (χ0v) is 32.6. The molecule has 0 atom stereocenters. The Balaban J connectivity index is 0.951. The fourth-order valence-electron chi connectivity index (χ4n) is 8.22. The van der Waals surface area contributed by atoms with Crippen molar-refractivity contribution in [3.8, 4) is 44.5 Å². The van der Waals surface area contributed by atoms with E-state index in [1.54, 1.807) is 0 Å². The Kier molecular flexibility index (Phi) is 8.28. The van der Waals surface area contributed by atoms with Crippen molar-refractivity contribution in [3.63, 3.8) is 0 Å². The zero-order chi connectivity index (χ0) is 37.7. The Morgan fingerprint density at radius 1 is 0.263 bits per heavy atom. The van der Waals surface area contributed by atoms with E-state index < -0.39 is 0 Å². The van der Waals surface area contributed by atoms with E-state index in [4.69, 9.17) is 0 Å². The van der Waals surface area contributed by atoms with Gasteiger partial charge < -0.3 is 4.90 Å². The molecule has 0 aliphatic rings. The normalized spacial score (nSPS) is 11.5. The summed E-state index contributed by atoms with van der Waals surface area (Å²) in [6.07, 6.45) is 0. The Morgan fingerprint density at radius 3 is 1.26 bits per heavy atom. The molecule has 0 N–H and O–H groups in total. The molecule has 1 nitrogen and oxygen atoms in total. The molecule has 0 unspecified atom stereocenters. The first-order valence-corrected chi connectivity index (χ1v) is 21.0. The second kappa shape index (κ2) is 14.1. The number of nitrogens with zero attached hydrogens (tertiary/aromatic N) is 1. The number of anilines is 3. The van der Waals surface area contributed by atoms with Crippen LogP contribution in [0.15, 0.2) is 212 Å². The molecule has 0 fully saturated rings. The van der Waals surface area contributed by atoms with Crippen LogP contribution in [0.4, 0.5) is 17.1 Å². The third-order valence-electron chi connectivity index (χ3n) is 11.1. The molecule has 0 saturated heterocycles. The third-order valence-corrected chi connectivity index (χ3v) is 13.4. The van der Waals surface area contributed by atoms with Gasteiger partial charge in [0.15, 0.2) is 0 Å². The van der Waals surface area contributed by atoms with Crippen LogP contribution in [0.25, 0.3) is 84.9 Å². The quantitative estimate of drug-likeness (QED) is 0.156. The summed E-state index contributed by atoms with van der Waals surface area (Å²) < 4.78 is 5.31. The van der Waals surface area contributed by atoms with E-state index in [-0.39, 0.29) is 0 Å². The second-order valence-corrected chi connectivity index (χ2v) is 16.6. The summed E-state index contributed by atoms with van der Waals surface area (Å²) in [6, 6.07) is 77.4. The van der Waals surface area contributed by atoms with Crippen LogP contribution >= 0.6 is 22.7 Å². The van der Waals surface area contributed by atoms with Crippen LogP contribution < -0.4 is 4.90 Å². The van der Waals surface area contributed by atoms with Crippen molar-refractivity contribution < 1.29 is 0 Å². The van der Waals surface area contributed by atoms with Crippen LogP contribution in [0.1, 0.15) is 0 Å². The highest BCUT2D eigenvalue weighted by Crippen LogP contribution is 2.44. The molecule has 11 rings (SSSR count). The van der Waals surface area contributed by atoms with Gasteiger partial charge in [0, 0.05) is 57.4 Å². The number of benzene rings is 9. The van der Waals surface area contributed by atoms with Gasteiger partial charge in [0.25, 0.3) is 0 Å². The number of hydrogen-bond acceptors (Lipinski definition) is 3. The zero-order valence-electron chi connectivity index (χ0n) is 31.0. The average Bonchev–Trinajstić information content (AvgIpc) is 3.86. The predicted molar refractivity (Wildman–Crippen MR) is 249 cm³/mol. The first-order chi connectivity index (χ1) is 28.2. The molecule has 57 heavy (non-hydrogen) atoms. The summed E-state index contributed by atoms with van der Waals surface area (Å²) in [5, 5.41) is 5.29. The van der Waals surface area contributed by atoms with E-state index in [0.29, 0.717) is 0 Å². The standard InChI is InChI=1S/C54H35NS2/c1-3-10-36(11-4-1)38-18-26-43(27-19-38)55(44-28-20-39(21-29-44)37-12-5-2-6-13-37)45-30-22-40(23-31-45)46-15-9-16-50-49-33-25-42(35-53(49)57-54(46)50)41-24-32-48-47-14-7-8-17-51(47)56-52(48)34-41/h1-35H. The fourth-order valence-corrected chi connectivity index (χ4v) is 10.6. The second-order valence-electron chi connectivity index (χ2n) is 14.5. The fraction of sp³-hybridized carbons (Fsp3) is 0. The van der Waals surface area contributed by atoms with Gasteiger partial charge in [-0.25, -0.2) is 0 Å². The molecule has 9 aromatic carbocycles. The van der Waals surface area contributed by atoms with Crippen LogP contribution in [0.2, 0.25) is 0 Å². The largest absolute Gasteiger partial charge is 0.311 e. The smallest absolute Gasteiger partial charge is 0.0462 e. The monoisotopic (exact) mass is 761 g/mol. The Morgan fingerprint density at radius 2 is 0.684 bits per heavy atom. The molecule has 0 aliphatic heterocycles. The molecule has 0 radical (unpaired) electrons. The molecule has 0 bridgehead atoms. The molecule has 0 aliphatic carbocycles. The van der Waals surface area contributed by atoms with Crippen LogP contribution in [0, 0.1) is 0 Å². The van der Waals surface area contributed by atoms with Crippen molar-refractivity contribution in [1.29, 1.82) is 0 Å². The first kappa shape index (κ1) is 33.5. The summed E-state index contributed by atoms with van der Waals surface area (Å²) in [4.78, 5) is 2.35. The van der Waals surface area contributed by atoms with Crippen molar-refractivity contribution in [3.05, 3.63) is 212 Å². The SMILES string of the molecule is c1ccc(-c2ccc(N(c3ccc(-c4ccccc4)cc3)c3ccc(-c4cccc5c4sc4cc(-c6ccc7c(c6)sc6ccccc67)ccc45)cc3)cc2)cc1. The van der Waals surface area contributed by atoms with Gasteiger partial charge in [0.1, 0.15) is 0 Å². The summed E-state index contributed by atoms with van der Waals surface area (Å²) in [6.45, 7) is 0. The minimum absolute atomic E-state index is 1.11. The lowest BCUT2D eigenvalue weighted by Crippen LogP contribution is -2.09. The Labute approximate surface area is 340 Å². The predicted octanol–water partition coefficient (Wildman–Crippen LogP) is 16.6. The van der Waals surface area contributed by atoms with Crippen LogP contribution in [0.5, 0.6) is 0 Å². The van der Waals surface area contributed by atoms with Gasteiger partial charge in [-0.1, -0.05) is 158 Å². The molecular weight excluding hydrogens is 727 g/mol. The van der Waals surface area contributed by atoms with Crippen molar-refractivity contribution in [2.24, 2.45) is 0 Å². The molecule has 2 aromatic heterocycles. The Hall–Kier alpha value is -6.78. The maximum atomic E-state index is 2.38. The van der Waals surface area contributed by atoms with E-state index in [0.717, 1.165) is 17.1 Å². The van der Waals surface area contributed by atoms with Crippen molar-refractivity contribution in [2.75, 3.05) is 4.90 Å². The summed E-state index contributed by atoms with van der Waals surface area (Å²) in [7, 11) is 0. The van der Waals surface area contributed by atoms with Gasteiger partial charge in [0.2, 0.25) is 0 Å². The Bertz CT molecular complexity index is 3110. The average molecular weight is 762 g/mol. The molecule has 11 aromatic rings. The van der Waals surface area contributed by atoms with Gasteiger partial charge >= 0.3 is 0 Å². The van der Waals surface area contributed by atoms with Gasteiger partial charge in [0.05, 0.1) is 0 Å². The van der Waals surface area contributed by atoms with Gasteiger partial charge in [-0.3, -0.25) is 0 Å². The van der Waals surface area contributed by atoms with E-state index in [2.05, 4.69) is 217 Å². The molecule has 0 spiro atoms. The van der Waals surface area contributed by atoms with E-state index >= 15 is 0 Å². The van der Waals surface area contributed by atoms with E-state index in [9.17, 15) is 0 Å². The lowest BCUT2D eigenvalue weighted by Gasteiger charge is -2.26. The molecular formula is C54H35NS2. The van der Waals surface area contributed by atoms with Crippen LogP contribution in [0.3, 0.4) is 0 Å². The highest BCUT2D eigenvalue weighted by molar-refractivity contribution is 7.26. The molecule has 268 valence electrons. The first-order valence-electron chi connectivity index (χ1n) is 19.3. The summed E-state index contributed by atoms with van der Waals surface area (Å²) in [5.74, 6) is 0. The highest BCUT2D eigenvalue weighted by atomic mass is 32.1. The van der Waals surface area contributed by atoms with Crippen molar-refractivity contribution in [1.82, 2.24) is 0 Å². The lowest BCUT2D eigenvalue weighted by molar-refractivity contribution is 1.28. The van der Waals surface area contributed by atoms with Crippen molar-refractivity contribution >= 4 is 80.1 Å². The number of fused-ring (bicyclic) bond motifs is 6. The molecule has 3 heteroatoms. The van der Waals surface area contributed by atoms with Gasteiger partial charge in [-0.2, -0.15) is 0 Å². The maximum absolute atomic E-state index is 2.38. The molecule has 2 heterocycles. The van der Waals surface area contributed by atoms with Gasteiger partial charge in [-0.15, -0.1) is 22.7 Å². The topological polar surface area (TPSA) is 3.24 Å². The minimum atomic E-state index is 1.11. The highest BCUT2D eigenvalue weighted by Gasteiger charge is 2.16. The number of thiophene rings is 2. The lowest BCUT2D eigenvalue weighted by atomic mass is 10.00. The summed E-state index contributed by atoms with van der Waals surface area (Å²) >= 11 is 3.77. The molecule has 0 amide bonds. The number of rotatable bonds is 7. The van der Waals surface area contributed by atoms with Crippen LogP contribution in [-0.4, -0.2) is 0 Å². The third kappa shape index (κ3) is 6.09. The van der Waals surface area contributed by atoms with E-state index in [1.165, 1.54) is 84.9 Å². The van der Waals surface area contributed by atoms with Crippen molar-refractivity contribution in [2.45, 2.75) is 0 Å². The van der Waals surface area contributed by atoms with E-state index in [1.807, 2.05) is 22.7 Å². The van der Waals surface area contributed by atoms with Gasteiger partial charge in [-0.05, 0) is 99.1 Å². The summed E-state index contributed by atoms with van der Waals surface area (Å²) in [5.41, 5.74) is 13.2. The molecule has 0 saturated carbocycles.